The van der Waals surface area contributed by atoms with Gasteiger partial charge in [0.25, 0.3) is 11.8 Å². The van der Waals surface area contributed by atoms with E-state index < -0.39 is 17.8 Å². The molecule has 3 aromatic carbocycles. The Morgan fingerprint density at radius 3 is 2.39 bits per heavy atom. The second-order valence-electron chi connectivity index (χ2n) is 6.54. The molecule has 0 bridgehead atoms. The molecule has 0 atom stereocenters. The number of carbonyl (C=O) groups excluding carboxylic acids is 3. The van der Waals surface area contributed by atoms with Crippen LogP contribution in [0.2, 0.25) is 10.0 Å². The van der Waals surface area contributed by atoms with E-state index in [4.69, 9.17) is 27.9 Å². The van der Waals surface area contributed by atoms with Crippen molar-refractivity contribution < 1.29 is 19.1 Å². The fraction of sp³-hybridized carbons (Fsp3) is 0.0435. The summed E-state index contributed by atoms with van der Waals surface area (Å²) >= 11 is 15.0. The Balaban J connectivity index is 1.46. The van der Waals surface area contributed by atoms with Crippen LogP contribution in [0.1, 0.15) is 26.3 Å². The van der Waals surface area contributed by atoms with E-state index in [0.29, 0.717) is 26.4 Å². The largest absolute Gasteiger partial charge is 0.423 e. The topological polar surface area (TPSA) is 96.9 Å². The molecule has 0 fully saturated rings. The molecule has 2 N–H and O–H groups in total. The first-order valence-electron chi connectivity index (χ1n) is 9.45. The summed E-state index contributed by atoms with van der Waals surface area (Å²) in [4.78, 5) is 36.2. The van der Waals surface area contributed by atoms with Crippen molar-refractivity contribution >= 4 is 63.1 Å². The number of esters is 1. The van der Waals surface area contributed by atoms with Gasteiger partial charge in [0.1, 0.15) is 5.75 Å². The molecule has 168 valence electrons. The summed E-state index contributed by atoms with van der Waals surface area (Å²) in [6.07, 6.45) is 1.41. The summed E-state index contributed by atoms with van der Waals surface area (Å²) in [6.45, 7) is -0.277. The summed E-state index contributed by atoms with van der Waals surface area (Å²) in [6, 6.07) is 17.9. The molecule has 0 spiro atoms. The van der Waals surface area contributed by atoms with Gasteiger partial charge in [-0.2, -0.15) is 5.10 Å². The Bertz CT molecular complexity index is 1220. The molecule has 0 aliphatic carbocycles. The van der Waals surface area contributed by atoms with Crippen molar-refractivity contribution in [3.8, 4) is 5.75 Å². The smallest absolute Gasteiger partial charge is 0.344 e. The summed E-state index contributed by atoms with van der Waals surface area (Å²) in [7, 11) is 0. The number of hydrogen-bond acceptors (Lipinski definition) is 5. The number of amides is 2. The molecule has 10 heteroatoms. The number of hydrogen-bond donors (Lipinski definition) is 2. The first-order valence-corrected chi connectivity index (χ1v) is 11.0. The number of carbonyl (C=O) groups is 3. The lowest BCUT2D eigenvalue weighted by Gasteiger charge is -2.06. The van der Waals surface area contributed by atoms with Crippen molar-refractivity contribution in [1.29, 1.82) is 0 Å². The summed E-state index contributed by atoms with van der Waals surface area (Å²) in [5.41, 5.74) is 3.67. The van der Waals surface area contributed by atoms with E-state index in [1.165, 1.54) is 24.4 Å². The van der Waals surface area contributed by atoms with Crippen LogP contribution in [0, 0.1) is 0 Å². The van der Waals surface area contributed by atoms with E-state index >= 15 is 0 Å². The second kappa shape index (κ2) is 11.6. The van der Waals surface area contributed by atoms with Crippen molar-refractivity contribution in [2.75, 3.05) is 6.54 Å². The lowest BCUT2D eigenvalue weighted by molar-refractivity contribution is -0.120. The summed E-state index contributed by atoms with van der Waals surface area (Å²) in [5, 5.41) is 6.87. The molecule has 33 heavy (non-hydrogen) atoms. The molecular formula is C23H16BrCl2N3O4. The summed E-state index contributed by atoms with van der Waals surface area (Å²) in [5.74, 6) is -1.11. The molecule has 0 saturated carbocycles. The first kappa shape index (κ1) is 24.4. The highest BCUT2D eigenvalue weighted by Crippen LogP contribution is 2.22. The number of benzene rings is 3. The fourth-order valence-electron chi connectivity index (χ4n) is 2.53. The Morgan fingerprint density at radius 2 is 1.70 bits per heavy atom. The van der Waals surface area contributed by atoms with Gasteiger partial charge in [-0.05, 0) is 76.1 Å². The Labute approximate surface area is 207 Å². The van der Waals surface area contributed by atoms with E-state index in [-0.39, 0.29) is 17.1 Å². The third-order valence-electron chi connectivity index (χ3n) is 4.18. The normalized spacial score (nSPS) is 10.6. The lowest BCUT2D eigenvalue weighted by Crippen LogP contribution is -2.34. The predicted octanol–water partition coefficient (Wildman–Crippen LogP) is 4.86. The van der Waals surface area contributed by atoms with Crippen LogP contribution in [0.15, 0.2) is 76.3 Å². The van der Waals surface area contributed by atoms with Crippen LogP contribution in [-0.4, -0.2) is 30.5 Å². The third-order valence-corrected chi connectivity index (χ3v) is 5.61. The number of rotatable bonds is 7. The zero-order chi connectivity index (χ0) is 23.8. The van der Waals surface area contributed by atoms with Crippen LogP contribution in [0.25, 0.3) is 0 Å². The van der Waals surface area contributed by atoms with Gasteiger partial charge in [0, 0.05) is 10.0 Å². The fourth-order valence-corrected chi connectivity index (χ4v) is 3.27. The first-order chi connectivity index (χ1) is 15.8. The Morgan fingerprint density at radius 1 is 0.970 bits per heavy atom. The van der Waals surface area contributed by atoms with Crippen LogP contribution >= 0.6 is 39.1 Å². The molecule has 0 unspecified atom stereocenters. The third kappa shape index (κ3) is 7.15. The van der Waals surface area contributed by atoms with E-state index in [1.807, 2.05) is 0 Å². The zero-order valence-electron chi connectivity index (χ0n) is 16.8. The van der Waals surface area contributed by atoms with Gasteiger partial charge >= 0.3 is 5.97 Å². The van der Waals surface area contributed by atoms with Crippen molar-refractivity contribution in [1.82, 2.24) is 10.7 Å². The molecular weight excluding hydrogens is 533 g/mol. The molecule has 0 aliphatic heterocycles. The minimum Gasteiger partial charge on any atom is -0.423 e. The maximum atomic E-state index is 12.2. The molecule has 0 saturated heterocycles. The minimum atomic E-state index is -0.515. The van der Waals surface area contributed by atoms with Gasteiger partial charge in [-0.15, -0.1) is 0 Å². The van der Waals surface area contributed by atoms with Crippen LogP contribution in [0.4, 0.5) is 0 Å². The zero-order valence-corrected chi connectivity index (χ0v) is 19.9. The average Bonchev–Trinajstić information content (AvgIpc) is 2.80. The van der Waals surface area contributed by atoms with Gasteiger partial charge in [0.2, 0.25) is 0 Å². The van der Waals surface area contributed by atoms with E-state index in [2.05, 4.69) is 31.8 Å². The highest BCUT2D eigenvalue weighted by Gasteiger charge is 2.12. The van der Waals surface area contributed by atoms with Gasteiger partial charge < -0.3 is 10.1 Å². The molecule has 0 radical (unpaired) electrons. The molecule has 0 aromatic heterocycles. The standard InChI is InChI=1S/C23H16BrCl2N3O4/c24-18-4-2-1-3-17(18)23(32)33-16-8-5-14(6-9-16)12-28-29-21(30)13-27-22(31)15-7-10-19(25)20(26)11-15/h1-12H,13H2,(H,27,31)(H,29,30)/b28-12+. The van der Waals surface area contributed by atoms with Gasteiger partial charge in [0.05, 0.1) is 28.4 Å². The maximum Gasteiger partial charge on any atom is 0.344 e. The maximum absolute atomic E-state index is 12.2. The van der Waals surface area contributed by atoms with Gasteiger partial charge in [-0.25, -0.2) is 10.2 Å². The number of ether oxygens (including phenoxy) is 1. The second-order valence-corrected chi connectivity index (χ2v) is 8.21. The summed E-state index contributed by atoms with van der Waals surface area (Å²) < 4.78 is 5.99. The molecule has 3 aromatic rings. The predicted molar refractivity (Wildman–Crippen MR) is 130 cm³/mol. The highest BCUT2D eigenvalue weighted by atomic mass is 79.9. The Hall–Kier alpha value is -3.20. The van der Waals surface area contributed by atoms with E-state index in [1.54, 1.807) is 48.5 Å². The quantitative estimate of drug-likeness (QED) is 0.191. The Kier molecular flexibility index (Phi) is 8.59. The molecule has 2 amide bonds. The number of nitrogens with zero attached hydrogens (tertiary/aromatic N) is 1. The van der Waals surface area contributed by atoms with E-state index in [0.717, 1.165) is 0 Å². The SMILES string of the molecule is O=C(CNC(=O)c1ccc(Cl)c(Cl)c1)N/N=C/c1ccc(OC(=O)c2ccccc2Br)cc1. The van der Waals surface area contributed by atoms with Gasteiger partial charge in [0.15, 0.2) is 0 Å². The van der Waals surface area contributed by atoms with Crippen LogP contribution in [0.3, 0.4) is 0 Å². The van der Waals surface area contributed by atoms with Gasteiger partial charge in [-0.1, -0.05) is 35.3 Å². The lowest BCUT2D eigenvalue weighted by atomic mass is 10.2. The van der Waals surface area contributed by atoms with Crippen LogP contribution in [-0.2, 0) is 4.79 Å². The van der Waals surface area contributed by atoms with Crippen LogP contribution < -0.4 is 15.5 Å². The monoisotopic (exact) mass is 547 g/mol. The average molecular weight is 549 g/mol. The van der Waals surface area contributed by atoms with Crippen LogP contribution in [0.5, 0.6) is 5.75 Å². The van der Waals surface area contributed by atoms with Crippen molar-refractivity contribution in [2.45, 2.75) is 0 Å². The molecule has 3 rings (SSSR count). The van der Waals surface area contributed by atoms with E-state index in [9.17, 15) is 14.4 Å². The highest BCUT2D eigenvalue weighted by molar-refractivity contribution is 9.10. The van der Waals surface area contributed by atoms with Gasteiger partial charge in [-0.3, -0.25) is 9.59 Å². The molecule has 0 heterocycles. The number of hydrazone groups is 1. The van der Waals surface area contributed by atoms with Crippen molar-refractivity contribution in [3.05, 3.63) is 97.9 Å². The van der Waals surface area contributed by atoms with Crippen molar-refractivity contribution in [2.24, 2.45) is 5.10 Å². The molecule has 0 aliphatic rings. The molecule has 7 nitrogen and oxygen atoms in total. The minimum absolute atomic E-state index is 0.243. The number of halogens is 3. The van der Waals surface area contributed by atoms with Crippen molar-refractivity contribution in [3.63, 3.8) is 0 Å². The number of nitrogens with one attached hydrogen (secondary N) is 2.